The summed E-state index contributed by atoms with van der Waals surface area (Å²) in [4.78, 5) is 52.9. The minimum atomic E-state index is -2.65. The summed E-state index contributed by atoms with van der Waals surface area (Å²) in [5, 5.41) is 45.8. The minimum absolute atomic E-state index is 0.00756. The molecule has 3 aliphatic rings. The molecule has 4 atom stereocenters. The van der Waals surface area contributed by atoms with Gasteiger partial charge in [-0.05, 0) is 54.7 Å². The topological polar surface area (TPSA) is 158 Å². The van der Waals surface area contributed by atoms with Gasteiger partial charge in [-0.25, -0.2) is 0 Å². The van der Waals surface area contributed by atoms with Crippen molar-refractivity contribution in [3.05, 3.63) is 45.7 Å². The molecule has 4 N–H and O–H groups in total. The third kappa shape index (κ3) is 4.57. The van der Waals surface area contributed by atoms with Gasteiger partial charge in [-0.2, -0.15) is 0 Å². The van der Waals surface area contributed by atoms with Crippen molar-refractivity contribution in [3.63, 3.8) is 0 Å². The molecule has 4 rings (SSSR count). The van der Waals surface area contributed by atoms with Gasteiger partial charge in [0.25, 0.3) is 0 Å². The number of allylic oxidation sites excluding steroid dienone is 1. The second-order valence-electron chi connectivity index (χ2n) is 14.3. The average Bonchev–Trinajstić information content (AvgIpc) is 2.83. The van der Waals surface area contributed by atoms with E-state index in [0.29, 0.717) is 11.1 Å². The number of aliphatic hydroxyl groups excluding tert-OH is 2. The maximum atomic E-state index is 14.3. The summed E-state index contributed by atoms with van der Waals surface area (Å²) in [6, 6.07) is 3.05. The summed E-state index contributed by atoms with van der Waals surface area (Å²) in [5.74, 6) is -5.99. The van der Waals surface area contributed by atoms with Gasteiger partial charge in [-0.3, -0.25) is 19.2 Å². The van der Waals surface area contributed by atoms with Crippen LogP contribution in [0.1, 0.15) is 84.9 Å². The third-order valence-corrected chi connectivity index (χ3v) is 9.25. The molecule has 228 valence electrons. The van der Waals surface area contributed by atoms with Crippen LogP contribution in [-0.2, 0) is 36.8 Å². The number of hydrogen-bond donors (Lipinski definition) is 4. The lowest BCUT2D eigenvalue weighted by Gasteiger charge is -2.59. The number of ether oxygens (including phenoxy) is 1. The highest BCUT2D eigenvalue weighted by Crippen LogP contribution is 2.65. The Hall–Kier alpha value is -3.46. The average molecular weight is 583 g/mol. The summed E-state index contributed by atoms with van der Waals surface area (Å²) in [5.41, 5.74) is -5.02. The van der Waals surface area contributed by atoms with Gasteiger partial charge in [0.15, 0.2) is 17.2 Å². The zero-order valence-electron chi connectivity index (χ0n) is 25.7. The molecule has 1 aromatic rings. The summed E-state index contributed by atoms with van der Waals surface area (Å²) in [6.45, 7) is 14.1. The van der Waals surface area contributed by atoms with Crippen molar-refractivity contribution in [2.24, 2.45) is 28.1 Å². The van der Waals surface area contributed by atoms with Crippen LogP contribution in [0.15, 0.2) is 29.0 Å². The number of phenols is 1. The Morgan fingerprint density at radius 1 is 1.10 bits per heavy atom. The number of hydrogen-bond acceptors (Lipinski definition) is 9. The van der Waals surface area contributed by atoms with Gasteiger partial charge in [0, 0.05) is 28.7 Å². The van der Waals surface area contributed by atoms with E-state index in [-0.39, 0.29) is 60.6 Å². The van der Waals surface area contributed by atoms with E-state index < -0.39 is 62.7 Å². The van der Waals surface area contributed by atoms with Crippen molar-refractivity contribution < 1.29 is 44.3 Å². The fraction of sp³-hybridized carbons (Fsp3) is 0.576. The van der Waals surface area contributed by atoms with Crippen molar-refractivity contribution >= 4 is 29.1 Å². The van der Waals surface area contributed by atoms with Crippen LogP contribution in [0.5, 0.6) is 5.75 Å². The third-order valence-electron chi connectivity index (χ3n) is 9.25. The first-order valence-corrected chi connectivity index (χ1v) is 14.4. The number of Topliss-reactive ketones (excluding diaryl/α,β-unsaturated/α-hetero) is 3. The SMILES string of the molecule is CC(=O)C1=C(O)[C@]2(O)C(=O)C3=C(O)c4c(O)ccc(CCC(=O)OCC(C)(C)C)c4C[C@]3(C)C[C@]2(C)C(C(C)C)C1=O. The van der Waals surface area contributed by atoms with Crippen LogP contribution in [0.3, 0.4) is 0 Å². The normalized spacial score (nSPS) is 29.3. The fourth-order valence-electron chi connectivity index (χ4n) is 7.62. The Bertz CT molecular complexity index is 1460. The molecule has 1 saturated carbocycles. The smallest absolute Gasteiger partial charge is 0.306 e. The van der Waals surface area contributed by atoms with Crippen molar-refractivity contribution in [3.8, 4) is 5.75 Å². The van der Waals surface area contributed by atoms with E-state index in [0.717, 1.165) is 6.92 Å². The predicted octanol–water partition coefficient (Wildman–Crippen LogP) is 4.71. The van der Waals surface area contributed by atoms with E-state index in [4.69, 9.17) is 4.74 Å². The second kappa shape index (κ2) is 10.1. The van der Waals surface area contributed by atoms with Crippen LogP contribution in [-0.4, -0.2) is 56.0 Å². The molecule has 9 heteroatoms. The Balaban J connectivity index is 1.87. The number of benzene rings is 1. The van der Waals surface area contributed by atoms with Gasteiger partial charge in [0.2, 0.25) is 5.78 Å². The van der Waals surface area contributed by atoms with E-state index in [1.807, 2.05) is 20.8 Å². The first-order chi connectivity index (χ1) is 19.2. The van der Waals surface area contributed by atoms with E-state index >= 15 is 0 Å². The maximum Gasteiger partial charge on any atom is 0.306 e. The molecule has 0 bridgehead atoms. The van der Waals surface area contributed by atoms with Crippen molar-refractivity contribution in [1.29, 1.82) is 0 Å². The molecule has 3 aliphatic carbocycles. The van der Waals surface area contributed by atoms with Crippen molar-refractivity contribution in [2.45, 2.75) is 86.7 Å². The van der Waals surface area contributed by atoms with Crippen LogP contribution in [0, 0.1) is 28.1 Å². The first kappa shape index (κ1) is 31.5. The molecule has 0 amide bonds. The number of ketones is 3. The molecule has 1 fully saturated rings. The standard InChI is InChI=1S/C33H42O9/c1-16(2)24-26(37)22(17(3)34)28(39)33(41)29(40)25-27(38)23-19(13-31(25,7)14-32(24,33)8)18(9-11-20(23)35)10-12-21(36)42-15-30(4,5)6/h9,11,16,24,35,38-39,41H,10,12-15H2,1-8H3/t24?,31-,32-,33+/m1/s1. The number of phenolic OH excluding ortho intramolecular Hbond substituents is 1. The summed E-state index contributed by atoms with van der Waals surface area (Å²) in [6.07, 6.45) is 0.489. The molecule has 0 aliphatic heterocycles. The van der Waals surface area contributed by atoms with Crippen LogP contribution in [0.2, 0.25) is 0 Å². The molecule has 0 radical (unpaired) electrons. The van der Waals surface area contributed by atoms with E-state index in [1.165, 1.54) is 6.07 Å². The molecule has 0 saturated heterocycles. The van der Waals surface area contributed by atoms with Crippen molar-refractivity contribution in [1.82, 2.24) is 0 Å². The second-order valence-corrected chi connectivity index (χ2v) is 14.3. The lowest BCUT2D eigenvalue weighted by molar-refractivity contribution is -0.178. The highest BCUT2D eigenvalue weighted by atomic mass is 16.5. The van der Waals surface area contributed by atoms with Gasteiger partial charge in [-0.1, -0.05) is 54.5 Å². The zero-order valence-corrected chi connectivity index (χ0v) is 25.7. The summed E-state index contributed by atoms with van der Waals surface area (Å²) >= 11 is 0. The largest absolute Gasteiger partial charge is 0.508 e. The van der Waals surface area contributed by atoms with Crippen LogP contribution in [0.4, 0.5) is 0 Å². The van der Waals surface area contributed by atoms with E-state index in [1.54, 1.807) is 33.8 Å². The quantitative estimate of drug-likeness (QED) is 0.275. The van der Waals surface area contributed by atoms with E-state index in [9.17, 15) is 39.6 Å². The number of fused-ring (bicyclic) bond motifs is 3. The number of aromatic hydroxyl groups is 1. The number of carbonyl (C=O) groups excluding carboxylic acids is 4. The summed E-state index contributed by atoms with van der Waals surface area (Å²) < 4.78 is 5.40. The van der Waals surface area contributed by atoms with Crippen molar-refractivity contribution in [2.75, 3.05) is 6.61 Å². The molecule has 0 heterocycles. The number of carbonyl (C=O) groups is 4. The van der Waals surface area contributed by atoms with Crippen LogP contribution >= 0.6 is 0 Å². The molecule has 1 aromatic carbocycles. The molecule has 0 aromatic heterocycles. The van der Waals surface area contributed by atoms with Crippen LogP contribution in [0.25, 0.3) is 5.76 Å². The Morgan fingerprint density at radius 2 is 1.71 bits per heavy atom. The highest BCUT2D eigenvalue weighted by molar-refractivity contribution is 6.24. The highest BCUT2D eigenvalue weighted by Gasteiger charge is 2.72. The number of esters is 1. The number of aliphatic hydroxyl groups is 3. The van der Waals surface area contributed by atoms with Gasteiger partial charge >= 0.3 is 5.97 Å². The predicted molar refractivity (Wildman–Crippen MR) is 155 cm³/mol. The molecule has 1 unspecified atom stereocenters. The Morgan fingerprint density at radius 3 is 2.26 bits per heavy atom. The van der Waals surface area contributed by atoms with Gasteiger partial charge in [0.05, 0.1) is 12.2 Å². The van der Waals surface area contributed by atoms with Gasteiger partial charge in [0.1, 0.15) is 22.8 Å². The number of rotatable bonds is 6. The fourth-order valence-corrected chi connectivity index (χ4v) is 7.62. The molecular weight excluding hydrogens is 540 g/mol. The Labute approximate surface area is 246 Å². The van der Waals surface area contributed by atoms with Crippen LogP contribution < -0.4 is 0 Å². The van der Waals surface area contributed by atoms with E-state index in [2.05, 4.69) is 0 Å². The lowest BCUT2D eigenvalue weighted by Crippen LogP contribution is -2.69. The molecule has 42 heavy (non-hydrogen) atoms. The summed E-state index contributed by atoms with van der Waals surface area (Å²) in [7, 11) is 0. The molecular formula is C33H42O9. The number of aryl methyl sites for hydroxylation is 1. The zero-order chi connectivity index (χ0) is 31.7. The Kier molecular flexibility index (Phi) is 7.55. The minimum Gasteiger partial charge on any atom is -0.508 e. The lowest BCUT2D eigenvalue weighted by atomic mass is 9.43. The molecule has 9 nitrogen and oxygen atoms in total. The molecule has 0 spiro atoms. The van der Waals surface area contributed by atoms with Gasteiger partial charge in [-0.15, -0.1) is 0 Å². The maximum absolute atomic E-state index is 14.3. The van der Waals surface area contributed by atoms with Gasteiger partial charge < -0.3 is 25.2 Å². The first-order valence-electron chi connectivity index (χ1n) is 14.4. The monoisotopic (exact) mass is 582 g/mol.